The largest absolute Gasteiger partial charge is 0.496 e. The quantitative estimate of drug-likeness (QED) is 0.610. The van der Waals surface area contributed by atoms with E-state index >= 15 is 0 Å². The number of rotatable bonds is 6. The van der Waals surface area contributed by atoms with Gasteiger partial charge in [0.15, 0.2) is 5.96 Å². The maximum Gasteiger partial charge on any atom is 0.213 e. The van der Waals surface area contributed by atoms with Crippen LogP contribution in [0.15, 0.2) is 33.8 Å². The molecule has 26 heavy (non-hydrogen) atoms. The second kappa shape index (κ2) is 8.74. The standard InChI is InChI=1S/C20H30N4O2/c1-7-21-19(23-11-15-9-8-14(2)10-16(15)25-6)24-13-18-22-12-17(26-18)20(3,4)5/h8-10,12H,7,11,13H2,1-6H3,(H2,21,23,24). The van der Waals surface area contributed by atoms with E-state index in [1.165, 1.54) is 0 Å². The zero-order valence-electron chi connectivity index (χ0n) is 16.6. The fraction of sp³-hybridized carbons (Fsp3) is 0.500. The maximum absolute atomic E-state index is 5.81. The van der Waals surface area contributed by atoms with Gasteiger partial charge in [0, 0.05) is 17.5 Å². The monoisotopic (exact) mass is 358 g/mol. The highest BCUT2D eigenvalue weighted by atomic mass is 16.5. The van der Waals surface area contributed by atoms with Crippen LogP contribution in [0.25, 0.3) is 0 Å². The van der Waals surface area contributed by atoms with E-state index in [0.29, 0.717) is 24.9 Å². The Bertz CT molecular complexity index is 745. The van der Waals surface area contributed by atoms with E-state index in [-0.39, 0.29) is 5.41 Å². The molecule has 1 heterocycles. The molecule has 0 saturated heterocycles. The fourth-order valence-electron chi connectivity index (χ4n) is 2.39. The third-order valence-electron chi connectivity index (χ3n) is 3.89. The molecule has 0 saturated carbocycles. The zero-order valence-corrected chi connectivity index (χ0v) is 16.6. The molecule has 0 fully saturated rings. The Kier molecular flexibility index (Phi) is 6.66. The highest BCUT2D eigenvalue weighted by Crippen LogP contribution is 2.22. The summed E-state index contributed by atoms with van der Waals surface area (Å²) in [4.78, 5) is 8.98. The van der Waals surface area contributed by atoms with Crippen molar-refractivity contribution in [3.05, 3.63) is 47.2 Å². The van der Waals surface area contributed by atoms with Gasteiger partial charge in [-0.1, -0.05) is 32.9 Å². The van der Waals surface area contributed by atoms with E-state index in [0.717, 1.165) is 29.2 Å². The van der Waals surface area contributed by atoms with Gasteiger partial charge in [-0.15, -0.1) is 0 Å². The fourth-order valence-corrected chi connectivity index (χ4v) is 2.39. The Hall–Kier alpha value is -2.50. The summed E-state index contributed by atoms with van der Waals surface area (Å²) in [5.41, 5.74) is 2.16. The Labute approximate surface area is 156 Å². The first kappa shape index (κ1) is 19.8. The molecule has 0 bridgehead atoms. The van der Waals surface area contributed by atoms with Crippen LogP contribution in [-0.2, 0) is 18.5 Å². The highest BCUT2D eigenvalue weighted by molar-refractivity contribution is 5.79. The first-order chi connectivity index (χ1) is 12.3. The first-order valence-corrected chi connectivity index (χ1v) is 8.94. The molecule has 0 atom stereocenters. The molecule has 2 N–H and O–H groups in total. The molecule has 0 unspecified atom stereocenters. The van der Waals surface area contributed by atoms with Crippen LogP contribution in [0.1, 0.15) is 50.5 Å². The summed E-state index contributed by atoms with van der Waals surface area (Å²) in [5, 5.41) is 6.50. The van der Waals surface area contributed by atoms with Gasteiger partial charge < -0.3 is 19.8 Å². The van der Waals surface area contributed by atoms with Crippen molar-refractivity contribution in [3.63, 3.8) is 0 Å². The number of aliphatic imine (C=N–C) groups is 1. The van der Waals surface area contributed by atoms with Crippen LogP contribution in [-0.4, -0.2) is 24.6 Å². The second-order valence-electron chi connectivity index (χ2n) is 7.23. The molecule has 2 rings (SSSR count). The number of oxazole rings is 1. The molecule has 1 aromatic carbocycles. The van der Waals surface area contributed by atoms with Crippen molar-refractivity contribution in [1.82, 2.24) is 15.6 Å². The van der Waals surface area contributed by atoms with Crippen molar-refractivity contribution in [2.45, 2.75) is 53.1 Å². The lowest BCUT2D eigenvalue weighted by atomic mass is 9.94. The Morgan fingerprint density at radius 3 is 2.65 bits per heavy atom. The average molecular weight is 358 g/mol. The Morgan fingerprint density at radius 1 is 1.27 bits per heavy atom. The summed E-state index contributed by atoms with van der Waals surface area (Å²) in [6, 6.07) is 6.13. The molecule has 0 aliphatic carbocycles. The van der Waals surface area contributed by atoms with Crippen LogP contribution >= 0.6 is 0 Å². The van der Waals surface area contributed by atoms with Crippen LogP contribution in [0.5, 0.6) is 5.75 Å². The van der Waals surface area contributed by atoms with E-state index in [9.17, 15) is 0 Å². The minimum atomic E-state index is -0.0498. The number of methoxy groups -OCH3 is 1. The van der Waals surface area contributed by atoms with E-state index < -0.39 is 0 Å². The third-order valence-corrected chi connectivity index (χ3v) is 3.89. The summed E-state index contributed by atoms with van der Waals surface area (Å²) in [7, 11) is 1.68. The molecule has 0 spiro atoms. The molecule has 0 aliphatic heterocycles. The van der Waals surface area contributed by atoms with Gasteiger partial charge in [0.1, 0.15) is 11.5 Å². The molecule has 0 amide bonds. The zero-order chi connectivity index (χ0) is 19.2. The van der Waals surface area contributed by atoms with Crippen LogP contribution in [0, 0.1) is 6.92 Å². The van der Waals surface area contributed by atoms with Crippen molar-refractivity contribution in [3.8, 4) is 5.75 Å². The number of ether oxygens (including phenoxy) is 1. The van der Waals surface area contributed by atoms with Gasteiger partial charge in [-0.3, -0.25) is 0 Å². The van der Waals surface area contributed by atoms with Crippen LogP contribution in [0.2, 0.25) is 0 Å². The molecular weight excluding hydrogens is 328 g/mol. The highest BCUT2D eigenvalue weighted by Gasteiger charge is 2.19. The minimum Gasteiger partial charge on any atom is -0.496 e. The van der Waals surface area contributed by atoms with Crippen molar-refractivity contribution < 1.29 is 9.15 Å². The lowest BCUT2D eigenvalue weighted by Crippen LogP contribution is -2.36. The normalized spacial score (nSPS) is 12.2. The molecular formula is C20H30N4O2. The number of hydrogen-bond donors (Lipinski definition) is 2. The van der Waals surface area contributed by atoms with Crippen LogP contribution < -0.4 is 15.4 Å². The van der Waals surface area contributed by atoms with Crippen molar-refractivity contribution in [1.29, 1.82) is 0 Å². The molecule has 2 aromatic rings. The van der Waals surface area contributed by atoms with E-state index in [4.69, 9.17) is 9.15 Å². The van der Waals surface area contributed by atoms with Gasteiger partial charge in [-0.05, 0) is 25.5 Å². The number of nitrogens with one attached hydrogen (secondary N) is 2. The van der Waals surface area contributed by atoms with Gasteiger partial charge in [0.2, 0.25) is 5.89 Å². The predicted molar refractivity (Wildman–Crippen MR) is 105 cm³/mol. The SMILES string of the molecule is CCNC(=NCc1ccc(C)cc1OC)NCc1ncc(C(C)(C)C)o1. The van der Waals surface area contributed by atoms with E-state index in [1.807, 2.05) is 26.0 Å². The van der Waals surface area contributed by atoms with Crippen molar-refractivity contribution in [2.75, 3.05) is 13.7 Å². The van der Waals surface area contributed by atoms with Crippen molar-refractivity contribution >= 4 is 5.96 Å². The van der Waals surface area contributed by atoms with Crippen LogP contribution in [0.4, 0.5) is 0 Å². The number of aryl methyl sites for hydroxylation is 1. The second-order valence-corrected chi connectivity index (χ2v) is 7.23. The summed E-state index contributed by atoms with van der Waals surface area (Å²) in [5.74, 6) is 3.09. The Morgan fingerprint density at radius 2 is 2.04 bits per heavy atom. The third kappa shape index (κ3) is 5.51. The summed E-state index contributed by atoms with van der Waals surface area (Å²) >= 11 is 0. The lowest BCUT2D eigenvalue weighted by Gasteiger charge is -2.13. The topological polar surface area (TPSA) is 71.7 Å². The summed E-state index contributed by atoms with van der Waals surface area (Å²) in [6.45, 7) is 12.2. The van der Waals surface area contributed by atoms with E-state index in [2.05, 4.69) is 47.4 Å². The van der Waals surface area contributed by atoms with Gasteiger partial charge in [-0.2, -0.15) is 0 Å². The average Bonchev–Trinajstić information content (AvgIpc) is 3.07. The van der Waals surface area contributed by atoms with E-state index in [1.54, 1.807) is 13.3 Å². The molecule has 0 radical (unpaired) electrons. The number of guanidine groups is 1. The van der Waals surface area contributed by atoms with Gasteiger partial charge in [-0.25, -0.2) is 9.98 Å². The lowest BCUT2D eigenvalue weighted by molar-refractivity contribution is 0.379. The molecule has 6 nitrogen and oxygen atoms in total. The Balaban J connectivity index is 2.04. The molecule has 142 valence electrons. The number of benzene rings is 1. The molecule has 0 aliphatic rings. The minimum absolute atomic E-state index is 0.0498. The number of hydrogen-bond acceptors (Lipinski definition) is 4. The maximum atomic E-state index is 5.81. The summed E-state index contributed by atoms with van der Waals surface area (Å²) < 4.78 is 11.3. The van der Waals surface area contributed by atoms with Gasteiger partial charge in [0.25, 0.3) is 0 Å². The summed E-state index contributed by atoms with van der Waals surface area (Å²) in [6.07, 6.45) is 1.79. The molecule has 1 aromatic heterocycles. The van der Waals surface area contributed by atoms with Crippen LogP contribution in [0.3, 0.4) is 0 Å². The predicted octanol–water partition coefficient (Wildman–Crippen LogP) is 3.54. The first-order valence-electron chi connectivity index (χ1n) is 8.94. The smallest absolute Gasteiger partial charge is 0.213 e. The number of nitrogens with zero attached hydrogens (tertiary/aromatic N) is 2. The van der Waals surface area contributed by atoms with Gasteiger partial charge >= 0.3 is 0 Å². The van der Waals surface area contributed by atoms with Gasteiger partial charge in [0.05, 0.1) is 26.4 Å². The molecule has 6 heteroatoms. The van der Waals surface area contributed by atoms with Crippen molar-refractivity contribution in [2.24, 2.45) is 4.99 Å². The number of aromatic nitrogens is 1.